The van der Waals surface area contributed by atoms with E-state index < -0.39 is 11.7 Å². The summed E-state index contributed by atoms with van der Waals surface area (Å²) in [7, 11) is 1.63. The van der Waals surface area contributed by atoms with Crippen molar-refractivity contribution < 1.29 is 14.3 Å². The second-order valence-electron chi connectivity index (χ2n) is 3.01. The van der Waals surface area contributed by atoms with Crippen molar-refractivity contribution in [1.82, 2.24) is 0 Å². The Hall–Kier alpha value is -1.00. The molecule has 0 N–H and O–H groups in total. The summed E-state index contributed by atoms with van der Waals surface area (Å²) in [5.41, 5.74) is 0.145. The number of carbonyl (C=O) groups is 2. The van der Waals surface area contributed by atoms with E-state index in [-0.39, 0.29) is 21.6 Å². The van der Waals surface area contributed by atoms with E-state index in [4.69, 9.17) is 23.2 Å². The van der Waals surface area contributed by atoms with Crippen LogP contribution in [0.15, 0.2) is 15.2 Å². The van der Waals surface area contributed by atoms with E-state index in [0.29, 0.717) is 0 Å². The molecule has 6 heteroatoms. The largest absolute Gasteiger partial charge is 0.292 e. The molecule has 0 saturated carbocycles. The lowest BCUT2D eigenvalue weighted by atomic mass is 9.91. The molecule has 4 nitrogen and oxygen atoms in total. The van der Waals surface area contributed by atoms with E-state index >= 15 is 0 Å². The van der Waals surface area contributed by atoms with E-state index in [2.05, 4.69) is 5.10 Å². The van der Waals surface area contributed by atoms with Crippen LogP contribution in [-0.4, -0.2) is 35.2 Å². The van der Waals surface area contributed by atoms with Gasteiger partial charge in [0.25, 0.3) is 0 Å². The summed E-state index contributed by atoms with van der Waals surface area (Å²) in [6.45, 7) is 0. The van der Waals surface area contributed by atoms with Crippen LogP contribution in [0.5, 0.6) is 0 Å². The van der Waals surface area contributed by atoms with Crippen LogP contribution in [0, 0.1) is 5.92 Å². The lowest BCUT2D eigenvalue weighted by Gasteiger charge is -2.11. The zero-order valence-electron chi connectivity index (χ0n) is 7.12. The van der Waals surface area contributed by atoms with Gasteiger partial charge < -0.3 is 0 Å². The van der Waals surface area contributed by atoms with Gasteiger partial charge in [-0.3, -0.25) is 9.59 Å². The summed E-state index contributed by atoms with van der Waals surface area (Å²) in [4.78, 5) is 23.0. The molecule has 0 aromatic rings. The first-order chi connectivity index (χ1) is 6.52. The predicted molar refractivity (Wildman–Crippen MR) is 51.9 cm³/mol. The Balaban J connectivity index is 2.59. The number of halogens is 2. The van der Waals surface area contributed by atoms with Gasteiger partial charge in [0.15, 0.2) is 30.7 Å². The lowest BCUT2D eigenvalue weighted by molar-refractivity contribution is -0.494. The quantitative estimate of drug-likeness (QED) is 0.572. The number of carbonyl (C=O) groups excluding carboxylic acids is 2. The van der Waals surface area contributed by atoms with Gasteiger partial charge in [-0.15, -0.1) is 0 Å². The van der Waals surface area contributed by atoms with E-state index in [1.54, 1.807) is 7.05 Å². The Morgan fingerprint density at radius 3 is 2.64 bits per heavy atom. The van der Waals surface area contributed by atoms with Crippen molar-refractivity contribution in [3.05, 3.63) is 10.1 Å². The zero-order chi connectivity index (χ0) is 10.5. The van der Waals surface area contributed by atoms with Crippen LogP contribution in [0.4, 0.5) is 0 Å². The molecule has 1 aliphatic carbocycles. The maximum atomic E-state index is 11.5. The molecule has 1 atom stereocenters. The topological polar surface area (TPSA) is 49.5 Å². The smallest absolute Gasteiger partial charge is 0.227 e. The fourth-order valence-electron chi connectivity index (χ4n) is 1.39. The third-order valence-corrected chi connectivity index (χ3v) is 2.88. The number of Topliss-reactive ketones (excluding diaryl/α,β-unsaturated/α-hetero) is 2. The molecule has 1 aliphatic heterocycles. The monoisotopic (exact) mass is 231 g/mol. The highest BCUT2D eigenvalue weighted by atomic mass is 35.5. The molecule has 0 fully saturated rings. The van der Waals surface area contributed by atoms with Gasteiger partial charge in [-0.2, -0.15) is 0 Å². The van der Waals surface area contributed by atoms with Gasteiger partial charge >= 0.3 is 0 Å². The molecule has 2 rings (SSSR count). The molecule has 0 aromatic heterocycles. The highest BCUT2D eigenvalue weighted by Crippen LogP contribution is 2.28. The SMILES string of the molecule is C[N+]1=CC2C(=O)C(Cl)=C(Cl)C(=O)C2=N1. The van der Waals surface area contributed by atoms with Gasteiger partial charge in [0, 0.05) is 5.10 Å². The zero-order valence-corrected chi connectivity index (χ0v) is 8.63. The summed E-state index contributed by atoms with van der Waals surface area (Å²) in [5, 5.41) is 3.43. The Kier molecular flexibility index (Phi) is 2.05. The standard InChI is InChI=1S/C8H5Cl2N2O2/c1-12-2-3-6(11-12)8(14)5(10)4(9)7(3)13/h2-3H,1H3/q+1. The van der Waals surface area contributed by atoms with Gasteiger partial charge in [0.2, 0.25) is 5.78 Å². The van der Waals surface area contributed by atoms with Crippen molar-refractivity contribution in [3.8, 4) is 0 Å². The van der Waals surface area contributed by atoms with Crippen molar-refractivity contribution in [3.63, 3.8) is 0 Å². The third kappa shape index (κ3) is 1.14. The normalized spacial score (nSPS) is 26.4. The molecule has 0 saturated heterocycles. The van der Waals surface area contributed by atoms with Crippen molar-refractivity contribution in [2.75, 3.05) is 7.05 Å². The number of allylic oxidation sites excluding steroid dienone is 2. The maximum absolute atomic E-state index is 11.5. The van der Waals surface area contributed by atoms with Crippen LogP contribution in [-0.2, 0) is 9.59 Å². The number of hydrazone groups is 1. The number of hydrogen-bond donors (Lipinski definition) is 0. The average molecular weight is 232 g/mol. The van der Waals surface area contributed by atoms with Crippen LogP contribution in [0.1, 0.15) is 0 Å². The molecule has 1 unspecified atom stereocenters. The van der Waals surface area contributed by atoms with Crippen molar-refractivity contribution in [1.29, 1.82) is 0 Å². The molecular formula is C8H5Cl2N2O2+. The van der Waals surface area contributed by atoms with Crippen molar-refractivity contribution in [2.24, 2.45) is 11.0 Å². The summed E-state index contributed by atoms with van der Waals surface area (Å²) < 4.78 is 1.41. The molecule has 72 valence electrons. The van der Waals surface area contributed by atoms with Gasteiger partial charge in [-0.25, -0.2) is 0 Å². The molecule has 0 aromatic carbocycles. The molecule has 2 aliphatic rings. The van der Waals surface area contributed by atoms with E-state index in [9.17, 15) is 9.59 Å². The van der Waals surface area contributed by atoms with Gasteiger partial charge in [-0.1, -0.05) is 27.9 Å². The summed E-state index contributed by atoms with van der Waals surface area (Å²) in [5.74, 6) is -1.51. The second kappa shape index (κ2) is 3.00. The first-order valence-corrected chi connectivity index (χ1v) is 4.58. The number of ketones is 2. The van der Waals surface area contributed by atoms with Gasteiger partial charge in [-0.05, 0) is 0 Å². The van der Waals surface area contributed by atoms with Crippen LogP contribution in [0.3, 0.4) is 0 Å². The molecule has 1 heterocycles. The minimum absolute atomic E-state index is 0.145. The Bertz CT molecular complexity index is 448. The summed E-state index contributed by atoms with van der Waals surface area (Å²) in [6, 6.07) is 0. The first kappa shape index (κ1) is 9.55. The lowest BCUT2D eigenvalue weighted by Crippen LogP contribution is -2.34. The van der Waals surface area contributed by atoms with Crippen LogP contribution in [0.2, 0.25) is 0 Å². The van der Waals surface area contributed by atoms with Crippen LogP contribution >= 0.6 is 23.2 Å². The Labute approximate surface area is 89.5 Å². The first-order valence-electron chi connectivity index (χ1n) is 3.83. The molecule has 0 spiro atoms. The maximum Gasteiger partial charge on any atom is 0.227 e. The van der Waals surface area contributed by atoms with E-state index in [0.717, 1.165) is 0 Å². The van der Waals surface area contributed by atoms with Gasteiger partial charge in [0.1, 0.15) is 10.1 Å². The molecule has 0 amide bonds. The molecule has 0 radical (unpaired) electrons. The van der Waals surface area contributed by atoms with E-state index in [1.807, 2.05) is 0 Å². The summed E-state index contributed by atoms with van der Waals surface area (Å²) in [6.07, 6.45) is 1.53. The predicted octanol–water partition coefficient (Wildman–Crippen LogP) is 0.526. The van der Waals surface area contributed by atoms with E-state index in [1.165, 1.54) is 10.9 Å². The fourth-order valence-corrected chi connectivity index (χ4v) is 1.78. The Morgan fingerprint density at radius 2 is 2.00 bits per heavy atom. The van der Waals surface area contributed by atoms with Crippen LogP contribution in [0.25, 0.3) is 0 Å². The van der Waals surface area contributed by atoms with Crippen molar-refractivity contribution in [2.45, 2.75) is 0 Å². The number of nitrogens with zero attached hydrogens (tertiary/aromatic N) is 2. The average Bonchev–Trinajstić information content (AvgIpc) is 2.54. The number of rotatable bonds is 0. The highest BCUT2D eigenvalue weighted by molar-refractivity contribution is 6.70. The molecular weight excluding hydrogens is 227 g/mol. The van der Waals surface area contributed by atoms with Crippen LogP contribution < -0.4 is 0 Å². The molecule has 14 heavy (non-hydrogen) atoms. The Morgan fingerprint density at radius 1 is 1.36 bits per heavy atom. The van der Waals surface area contributed by atoms with Crippen molar-refractivity contribution >= 4 is 46.7 Å². The number of fused-ring (bicyclic) bond motifs is 1. The highest BCUT2D eigenvalue weighted by Gasteiger charge is 2.44. The molecule has 0 bridgehead atoms. The van der Waals surface area contributed by atoms with Gasteiger partial charge in [0.05, 0.1) is 0 Å². The third-order valence-electron chi connectivity index (χ3n) is 2.05. The minimum Gasteiger partial charge on any atom is -0.292 e. The minimum atomic E-state index is -0.664. The fraction of sp³-hybridized carbons (Fsp3) is 0.250. The number of hydrogen-bond acceptors (Lipinski definition) is 3. The second-order valence-corrected chi connectivity index (χ2v) is 3.76. The summed E-state index contributed by atoms with van der Waals surface area (Å²) >= 11 is 11.2.